The Morgan fingerprint density at radius 3 is 2.23 bits per heavy atom. The molecule has 1 N–H and O–H groups in total. The minimum Gasteiger partial charge on any atom is -0.385 e. The summed E-state index contributed by atoms with van der Waals surface area (Å²) >= 11 is 0. The first-order valence-electron chi connectivity index (χ1n) is 11.8. The van der Waals surface area contributed by atoms with E-state index in [0.29, 0.717) is 6.42 Å². The summed E-state index contributed by atoms with van der Waals surface area (Å²) in [4.78, 5) is 16.4. The second-order valence-corrected chi connectivity index (χ2v) is 10.7. The van der Waals surface area contributed by atoms with Gasteiger partial charge in [0.25, 0.3) is 0 Å². The maximum absolute atomic E-state index is 11.9. The Bertz CT molecular complexity index is 916. The van der Waals surface area contributed by atoms with Crippen LogP contribution in [0.1, 0.15) is 44.7 Å². The maximum Gasteiger partial charge on any atom is 0.227 e. The van der Waals surface area contributed by atoms with Crippen molar-refractivity contribution in [1.82, 2.24) is 4.90 Å². The topological polar surface area (TPSA) is 35.6 Å². The van der Waals surface area contributed by atoms with Crippen molar-refractivity contribution in [2.75, 3.05) is 36.4 Å². The van der Waals surface area contributed by atoms with Crippen LogP contribution in [0.25, 0.3) is 0 Å². The zero-order valence-electron chi connectivity index (χ0n) is 19.1. The summed E-state index contributed by atoms with van der Waals surface area (Å²) in [5, 5.41) is 3.63. The van der Waals surface area contributed by atoms with Gasteiger partial charge in [0.15, 0.2) is 0 Å². The van der Waals surface area contributed by atoms with Crippen molar-refractivity contribution in [2.45, 2.75) is 45.6 Å². The van der Waals surface area contributed by atoms with Gasteiger partial charge in [-0.3, -0.25) is 9.69 Å². The van der Waals surface area contributed by atoms with Gasteiger partial charge in [-0.15, -0.1) is 0 Å². The lowest BCUT2D eigenvalue weighted by Crippen LogP contribution is -2.25. The van der Waals surface area contributed by atoms with Gasteiger partial charge in [0.2, 0.25) is 5.91 Å². The summed E-state index contributed by atoms with van der Waals surface area (Å²) in [5.74, 6) is 2.76. The van der Waals surface area contributed by atoms with Gasteiger partial charge < -0.3 is 10.2 Å². The third-order valence-electron chi connectivity index (χ3n) is 7.47. The molecule has 0 spiro atoms. The summed E-state index contributed by atoms with van der Waals surface area (Å²) in [6.07, 6.45) is 1.66. The van der Waals surface area contributed by atoms with E-state index >= 15 is 0 Å². The molecule has 2 atom stereocenters. The van der Waals surface area contributed by atoms with Crippen LogP contribution in [0, 0.1) is 17.8 Å². The Kier molecular flexibility index (Phi) is 5.29. The van der Waals surface area contributed by atoms with Gasteiger partial charge >= 0.3 is 0 Å². The van der Waals surface area contributed by atoms with E-state index in [2.05, 4.69) is 79.5 Å². The number of anilines is 2. The Balaban J connectivity index is 1.07. The molecule has 4 nitrogen and oxygen atoms in total. The van der Waals surface area contributed by atoms with Gasteiger partial charge in [0.1, 0.15) is 0 Å². The first kappa shape index (κ1) is 20.6. The molecule has 1 saturated carbocycles. The number of fused-ring (bicyclic) bond motifs is 1. The predicted octanol–water partition coefficient (Wildman–Crippen LogP) is 4.90. The van der Waals surface area contributed by atoms with E-state index in [0.717, 1.165) is 55.2 Å². The standard InChI is InChI=1S/C27H35N3O/c1-27(2,3)20-8-6-19(7-9-20)16-29-17-24-23(25(24)18-29)15-28-21-10-12-22(13-11-21)30-14-4-5-26(30)31/h6-13,23-25,28H,4-5,14-18H2,1-3H3. The normalized spacial score (nSPS) is 25.7. The molecule has 0 radical (unpaired) electrons. The smallest absolute Gasteiger partial charge is 0.227 e. The lowest BCUT2D eigenvalue weighted by molar-refractivity contribution is -0.117. The van der Waals surface area contributed by atoms with Crippen molar-refractivity contribution < 1.29 is 4.79 Å². The van der Waals surface area contributed by atoms with Gasteiger partial charge in [-0.2, -0.15) is 0 Å². The largest absolute Gasteiger partial charge is 0.385 e. The van der Waals surface area contributed by atoms with E-state index in [1.807, 2.05) is 4.90 Å². The van der Waals surface area contributed by atoms with Gasteiger partial charge in [0, 0.05) is 50.5 Å². The summed E-state index contributed by atoms with van der Waals surface area (Å²) in [5.41, 5.74) is 5.26. The van der Waals surface area contributed by atoms with Crippen molar-refractivity contribution in [2.24, 2.45) is 17.8 Å². The van der Waals surface area contributed by atoms with Crippen LogP contribution < -0.4 is 10.2 Å². The number of carbonyl (C=O) groups is 1. The number of nitrogens with zero attached hydrogens (tertiary/aromatic N) is 2. The van der Waals surface area contributed by atoms with Crippen molar-refractivity contribution in [1.29, 1.82) is 0 Å². The molecule has 3 aliphatic rings. The number of amides is 1. The third kappa shape index (κ3) is 4.36. The summed E-state index contributed by atoms with van der Waals surface area (Å²) < 4.78 is 0. The Labute approximate surface area is 186 Å². The van der Waals surface area contributed by atoms with Gasteiger partial charge in [0.05, 0.1) is 0 Å². The molecule has 31 heavy (non-hydrogen) atoms. The molecule has 2 heterocycles. The lowest BCUT2D eigenvalue weighted by atomic mass is 9.87. The third-order valence-corrected chi connectivity index (χ3v) is 7.47. The number of hydrogen-bond donors (Lipinski definition) is 1. The minimum atomic E-state index is 0.222. The monoisotopic (exact) mass is 417 g/mol. The first-order valence-corrected chi connectivity index (χ1v) is 11.8. The van der Waals surface area contributed by atoms with Gasteiger partial charge in [-0.25, -0.2) is 0 Å². The first-order chi connectivity index (χ1) is 14.9. The number of carbonyl (C=O) groups excluding carboxylic acids is 1. The molecular formula is C27H35N3O. The van der Waals surface area contributed by atoms with Crippen LogP contribution >= 0.6 is 0 Å². The molecule has 2 unspecified atom stereocenters. The fourth-order valence-electron chi connectivity index (χ4n) is 5.45. The zero-order valence-corrected chi connectivity index (χ0v) is 19.1. The SMILES string of the molecule is CC(C)(C)c1ccc(CN2CC3C(CNc4ccc(N5CCCC5=O)cc4)C3C2)cc1. The highest BCUT2D eigenvalue weighted by Gasteiger charge is 2.54. The van der Waals surface area contributed by atoms with Crippen LogP contribution in [0.5, 0.6) is 0 Å². The maximum atomic E-state index is 11.9. The van der Waals surface area contributed by atoms with Crippen LogP contribution in [0.15, 0.2) is 48.5 Å². The number of hydrogen-bond acceptors (Lipinski definition) is 3. The molecule has 2 aromatic carbocycles. The fourth-order valence-corrected chi connectivity index (χ4v) is 5.45. The van der Waals surface area contributed by atoms with Gasteiger partial charge in [-0.05, 0) is 65.0 Å². The number of nitrogens with one attached hydrogen (secondary N) is 1. The number of piperidine rings is 1. The lowest BCUT2D eigenvalue weighted by Gasteiger charge is -2.22. The second-order valence-electron chi connectivity index (χ2n) is 10.7. The molecule has 5 rings (SSSR count). The fraction of sp³-hybridized carbons (Fsp3) is 0.519. The summed E-state index contributed by atoms with van der Waals surface area (Å²) in [6, 6.07) is 17.6. The molecule has 2 aliphatic heterocycles. The molecule has 1 aliphatic carbocycles. The Hall–Kier alpha value is -2.33. The Morgan fingerprint density at radius 1 is 0.968 bits per heavy atom. The highest BCUT2D eigenvalue weighted by Crippen LogP contribution is 2.51. The number of likely N-dealkylation sites (tertiary alicyclic amines) is 1. The van der Waals surface area contributed by atoms with Crippen molar-refractivity contribution in [3.8, 4) is 0 Å². The highest BCUT2D eigenvalue weighted by atomic mass is 16.2. The van der Waals surface area contributed by atoms with E-state index in [1.54, 1.807) is 0 Å². The number of benzene rings is 2. The van der Waals surface area contributed by atoms with E-state index in [-0.39, 0.29) is 11.3 Å². The van der Waals surface area contributed by atoms with Crippen LogP contribution in [-0.2, 0) is 16.8 Å². The Morgan fingerprint density at radius 2 is 1.65 bits per heavy atom. The zero-order chi connectivity index (χ0) is 21.6. The molecule has 0 bridgehead atoms. The minimum absolute atomic E-state index is 0.222. The predicted molar refractivity (Wildman–Crippen MR) is 127 cm³/mol. The van der Waals surface area contributed by atoms with Crippen LogP contribution in [0.3, 0.4) is 0 Å². The highest BCUT2D eigenvalue weighted by molar-refractivity contribution is 5.95. The molecule has 2 aromatic rings. The van der Waals surface area contributed by atoms with E-state index in [1.165, 1.54) is 24.2 Å². The van der Waals surface area contributed by atoms with Crippen LogP contribution in [0.2, 0.25) is 0 Å². The molecule has 164 valence electrons. The second kappa shape index (κ2) is 7.98. The molecule has 3 fully saturated rings. The molecule has 1 amide bonds. The average molecular weight is 418 g/mol. The van der Waals surface area contributed by atoms with E-state index < -0.39 is 0 Å². The van der Waals surface area contributed by atoms with E-state index in [9.17, 15) is 4.79 Å². The van der Waals surface area contributed by atoms with Crippen molar-refractivity contribution in [3.05, 3.63) is 59.7 Å². The molecule has 4 heteroatoms. The summed E-state index contributed by atoms with van der Waals surface area (Å²) in [7, 11) is 0. The van der Waals surface area contributed by atoms with Gasteiger partial charge in [-0.1, -0.05) is 45.0 Å². The number of rotatable bonds is 6. The molecule has 2 saturated heterocycles. The molecular weight excluding hydrogens is 382 g/mol. The van der Waals surface area contributed by atoms with Crippen LogP contribution in [0.4, 0.5) is 11.4 Å². The van der Waals surface area contributed by atoms with Crippen molar-refractivity contribution >= 4 is 17.3 Å². The van der Waals surface area contributed by atoms with Crippen molar-refractivity contribution in [3.63, 3.8) is 0 Å². The summed E-state index contributed by atoms with van der Waals surface area (Å²) in [6.45, 7) is 12.3. The van der Waals surface area contributed by atoms with E-state index in [4.69, 9.17) is 0 Å². The average Bonchev–Trinajstić information content (AvgIpc) is 3.06. The molecule has 0 aromatic heterocycles. The van der Waals surface area contributed by atoms with Crippen LogP contribution in [-0.4, -0.2) is 37.0 Å². The quantitative estimate of drug-likeness (QED) is 0.726.